The number of hydrogen-bond acceptors (Lipinski definition) is 3. The molecule has 0 radical (unpaired) electrons. The van der Waals surface area contributed by atoms with Crippen LogP contribution in [0.2, 0.25) is 0 Å². The molecule has 3 nitrogen and oxygen atoms in total. The van der Waals surface area contributed by atoms with Gasteiger partial charge in [-0.1, -0.05) is 0 Å². The van der Waals surface area contributed by atoms with E-state index in [1.807, 2.05) is 0 Å². The Morgan fingerprint density at radius 3 is 2.55 bits per heavy atom. The molecule has 0 aromatic carbocycles. The first-order valence-electron chi connectivity index (χ1n) is 3.49. The van der Waals surface area contributed by atoms with Crippen LogP contribution in [-0.2, 0) is 9.53 Å². The van der Waals surface area contributed by atoms with Crippen LogP contribution < -0.4 is 0 Å². The number of carbonyl (C=O) groups is 1. The van der Waals surface area contributed by atoms with Crippen LogP contribution in [0.3, 0.4) is 0 Å². The molecular weight excluding hydrogens is 164 g/mol. The number of rotatable bonds is 5. The first-order valence-corrected chi connectivity index (χ1v) is 4.12. The summed E-state index contributed by atoms with van der Waals surface area (Å²) in [4.78, 5) is 10.5. The molecule has 0 aliphatic heterocycles. The van der Waals surface area contributed by atoms with Gasteiger partial charge in [0, 0.05) is 6.61 Å². The summed E-state index contributed by atoms with van der Waals surface area (Å²) < 4.78 is 5.08. The van der Waals surface area contributed by atoms with Crippen molar-refractivity contribution in [3.05, 3.63) is 0 Å². The second-order valence-corrected chi connectivity index (χ2v) is 3.19. The molecule has 0 aliphatic rings. The van der Waals surface area contributed by atoms with Gasteiger partial charge < -0.3 is 9.84 Å². The first-order chi connectivity index (χ1) is 5.00. The van der Waals surface area contributed by atoms with E-state index in [2.05, 4.69) is 12.6 Å². The van der Waals surface area contributed by atoms with Crippen molar-refractivity contribution in [2.45, 2.75) is 25.9 Å². The standard InChI is InChI=1S/C7H14O3S/c1-7(2,6(8)9)10-4-3-5-11/h11H,3-5H2,1-2H3,(H,8,9). The smallest absolute Gasteiger partial charge is 0.335 e. The van der Waals surface area contributed by atoms with Crippen LogP contribution in [0.1, 0.15) is 20.3 Å². The van der Waals surface area contributed by atoms with Crippen LogP contribution in [-0.4, -0.2) is 29.0 Å². The minimum absolute atomic E-state index is 0.447. The van der Waals surface area contributed by atoms with E-state index in [-0.39, 0.29) is 0 Å². The number of carboxylic acids is 1. The van der Waals surface area contributed by atoms with E-state index in [4.69, 9.17) is 9.84 Å². The summed E-state index contributed by atoms with van der Waals surface area (Å²) in [5.74, 6) is -0.216. The lowest BCUT2D eigenvalue weighted by Gasteiger charge is -2.19. The molecule has 0 fully saturated rings. The highest BCUT2D eigenvalue weighted by atomic mass is 32.1. The van der Waals surface area contributed by atoms with Crippen LogP contribution in [0.5, 0.6) is 0 Å². The van der Waals surface area contributed by atoms with Gasteiger partial charge in [0.05, 0.1) is 0 Å². The van der Waals surface area contributed by atoms with Crippen LogP contribution in [0.4, 0.5) is 0 Å². The van der Waals surface area contributed by atoms with E-state index >= 15 is 0 Å². The number of thiol groups is 1. The van der Waals surface area contributed by atoms with Crippen molar-refractivity contribution in [1.29, 1.82) is 0 Å². The summed E-state index contributed by atoms with van der Waals surface area (Å²) in [7, 11) is 0. The Kier molecular flexibility index (Phi) is 4.52. The lowest BCUT2D eigenvalue weighted by atomic mass is 10.1. The molecule has 66 valence electrons. The third-order valence-electron chi connectivity index (χ3n) is 1.28. The third kappa shape index (κ3) is 4.27. The molecule has 0 aliphatic carbocycles. The van der Waals surface area contributed by atoms with Crippen LogP contribution in [0, 0.1) is 0 Å². The monoisotopic (exact) mass is 178 g/mol. The maximum absolute atomic E-state index is 10.5. The summed E-state index contributed by atoms with van der Waals surface area (Å²) >= 11 is 3.97. The summed E-state index contributed by atoms with van der Waals surface area (Å²) in [5, 5.41) is 8.60. The predicted molar refractivity (Wildman–Crippen MR) is 46.1 cm³/mol. The molecule has 0 aromatic rings. The van der Waals surface area contributed by atoms with Gasteiger partial charge in [-0.25, -0.2) is 4.79 Å². The van der Waals surface area contributed by atoms with Gasteiger partial charge in [-0.15, -0.1) is 0 Å². The lowest BCUT2D eigenvalue weighted by Crippen LogP contribution is -2.35. The van der Waals surface area contributed by atoms with Gasteiger partial charge in [0.1, 0.15) is 0 Å². The molecule has 0 heterocycles. The molecule has 0 atom stereocenters. The Morgan fingerprint density at radius 2 is 2.18 bits per heavy atom. The molecule has 0 rings (SSSR count). The highest BCUT2D eigenvalue weighted by Crippen LogP contribution is 2.09. The Morgan fingerprint density at radius 1 is 1.64 bits per heavy atom. The van der Waals surface area contributed by atoms with Gasteiger partial charge in [-0.2, -0.15) is 12.6 Å². The zero-order valence-corrected chi connectivity index (χ0v) is 7.73. The SMILES string of the molecule is CC(C)(OCCCS)C(=O)O. The molecule has 4 heteroatoms. The van der Waals surface area contributed by atoms with E-state index in [1.165, 1.54) is 13.8 Å². The number of aliphatic carboxylic acids is 1. The molecule has 0 unspecified atom stereocenters. The van der Waals surface area contributed by atoms with Gasteiger partial charge in [0.15, 0.2) is 5.60 Å². The molecule has 0 saturated carbocycles. The second kappa shape index (κ2) is 4.62. The molecule has 0 aromatic heterocycles. The van der Waals surface area contributed by atoms with E-state index in [1.54, 1.807) is 0 Å². The van der Waals surface area contributed by atoms with Gasteiger partial charge in [0.2, 0.25) is 0 Å². The maximum Gasteiger partial charge on any atom is 0.335 e. The maximum atomic E-state index is 10.5. The fourth-order valence-electron chi connectivity index (χ4n) is 0.454. The summed E-state index contributed by atoms with van der Waals surface area (Å²) in [6.07, 6.45) is 0.778. The van der Waals surface area contributed by atoms with Gasteiger partial charge in [0.25, 0.3) is 0 Å². The third-order valence-corrected chi connectivity index (χ3v) is 1.60. The summed E-state index contributed by atoms with van der Waals surface area (Å²) in [6.45, 7) is 3.52. The average molecular weight is 178 g/mol. The second-order valence-electron chi connectivity index (χ2n) is 2.74. The van der Waals surface area contributed by atoms with Gasteiger partial charge in [-0.3, -0.25) is 0 Å². The van der Waals surface area contributed by atoms with Crippen molar-refractivity contribution in [2.24, 2.45) is 0 Å². The van der Waals surface area contributed by atoms with Crippen LogP contribution >= 0.6 is 12.6 Å². The van der Waals surface area contributed by atoms with Crippen molar-refractivity contribution in [1.82, 2.24) is 0 Å². The number of carboxylic acid groups (broad SMARTS) is 1. The molecule has 0 bridgehead atoms. The fourth-order valence-corrected chi connectivity index (χ4v) is 0.583. The Labute approximate surface area is 72.2 Å². The van der Waals surface area contributed by atoms with E-state index in [0.717, 1.165) is 12.2 Å². The topological polar surface area (TPSA) is 46.5 Å². The van der Waals surface area contributed by atoms with Crippen molar-refractivity contribution >= 4 is 18.6 Å². The van der Waals surface area contributed by atoms with E-state index in [9.17, 15) is 4.79 Å². The Hall–Kier alpha value is -0.220. The number of hydrogen-bond donors (Lipinski definition) is 2. The zero-order valence-electron chi connectivity index (χ0n) is 6.83. The van der Waals surface area contributed by atoms with E-state index < -0.39 is 11.6 Å². The minimum Gasteiger partial charge on any atom is -0.479 e. The summed E-state index contributed by atoms with van der Waals surface area (Å²) in [6, 6.07) is 0. The van der Waals surface area contributed by atoms with Crippen molar-refractivity contribution in [2.75, 3.05) is 12.4 Å². The van der Waals surface area contributed by atoms with Crippen LogP contribution in [0.15, 0.2) is 0 Å². The van der Waals surface area contributed by atoms with E-state index in [0.29, 0.717) is 6.61 Å². The first kappa shape index (κ1) is 10.8. The fraction of sp³-hybridized carbons (Fsp3) is 0.857. The Bertz CT molecular complexity index is 134. The molecule has 0 spiro atoms. The average Bonchev–Trinajstić information content (AvgIpc) is 1.88. The van der Waals surface area contributed by atoms with Gasteiger partial charge >= 0.3 is 5.97 Å². The van der Waals surface area contributed by atoms with Gasteiger partial charge in [-0.05, 0) is 26.0 Å². The number of ether oxygens (including phenoxy) is 1. The minimum atomic E-state index is -1.07. The Balaban J connectivity index is 3.64. The molecule has 11 heavy (non-hydrogen) atoms. The molecular formula is C7H14O3S. The van der Waals surface area contributed by atoms with Crippen molar-refractivity contribution < 1.29 is 14.6 Å². The van der Waals surface area contributed by atoms with Crippen molar-refractivity contribution in [3.63, 3.8) is 0 Å². The molecule has 1 N–H and O–H groups in total. The zero-order chi connectivity index (χ0) is 8.91. The highest BCUT2D eigenvalue weighted by Gasteiger charge is 2.27. The summed E-state index contributed by atoms with van der Waals surface area (Å²) in [5.41, 5.74) is -1.07. The normalized spacial score (nSPS) is 11.5. The lowest BCUT2D eigenvalue weighted by molar-refractivity contribution is -0.161. The quantitative estimate of drug-likeness (QED) is 0.491. The predicted octanol–water partition coefficient (Wildman–Crippen LogP) is 1.19. The van der Waals surface area contributed by atoms with Crippen molar-refractivity contribution in [3.8, 4) is 0 Å². The molecule has 0 amide bonds. The largest absolute Gasteiger partial charge is 0.479 e. The van der Waals surface area contributed by atoms with Crippen LogP contribution in [0.25, 0.3) is 0 Å². The highest BCUT2D eigenvalue weighted by molar-refractivity contribution is 7.80. The molecule has 0 saturated heterocycles.